The summed E-state index contributed by atoms with van der Waals surface area (Å²) in [4.78, 5) is 10.5. The molecule has 0 aromatic heterocycles. The number of para-hydroxylation sites is 1. The average molecular weight is 354 g/mol. The zero-order chi connectivity index (χ0) is 17.4. The van der Waals surface area contributed by atoms with Crippen molar-refractivity contribution in [2.45, 2.75) is 4.90 Å². The Morgan fingerprint density at radius 1 is 1.04 bits per heavy atom. The van der Waals surface area contributed by atoms with Crippen LogP contribution in [0.1, 0.15) is 5.56 Å². The van der Waals surface area contributed by atoms with Crippen molar-refractivity contribution >= 4 is 33.7 Å². The first-order valence-corrected chi connectivity index (χ1v) is 10.0. The lowest BCUT2D eigenvalue weighted by molar-refractivity contribution is 0.216. The maximum atomic E-state index is 11.9. The number of fused-ring (bicyclic) bond motifs is 2. The monoisotopic (exact) mass is 354 g/mol. The molecule has 4 rings (SSSR count). The van der Waals surface area contributed by atoms with Crippen molar-refractivity contribution in [3.05, 3.63) is 48.0 Å². The van der Waals surface area contributed by atoms with Crippen molar-refractivity contribution < 1.29 is 4.21 Å². The van der Waals surface area contributed by atoms with E-state index in [0.717, 1.165) is 59.5 Å². The number of hydrogen-bond acceptors (Lipinski definition) is 5. The van der Waals surface area contributed by atoms with Crippen molar-refractivity contribution in [2.75, 3.05) is 44.8 Å². The highest BCUT2D eigenvalue weighted by molar-refractivity contribution is 7.84. The molecule has 5 nitrogen and oxygen atoms in total. The second-order valence-corrected chi connectivity index (χ2v) is 7.91. The number of aliphatic imine (C=N–C) groups is 1. The number of anilines is 2. The minimum atomic E-state index is -1.02. The molecule has 2 aliphatic rings. The van der Waals surface area contributed by atoms with Crippen LogP contribution in [0.2, 0.25) is 0 Å². The molecule has 2 aromatic rings. The van der Waals surface area contributed by atoms with Gasteiger partial charge in [0.1, 0.15) is 5.84 Å². The van der Waals surface area contributed by atoms with Crippen LogP contribution in [0.25, 0.3) is 0 Å². The summed E-state index contributed by atoms with van der Waals surface area (Å²) in [7, 11) is 1.13. The van der Waals surface area contributed by atoms with E-state index in [9.17, 15) is 4.21 Å². The van der Waals surface area contributed by atoms with Crippen LogP contribution in [0.3, 0.4) is 0 Å². The molecular weight excluding hydrogens is 332 g/mol. The normalized spacial score (nSPS) is 18.5. The van der Waals surface area contributed by atoms with Crippen molar-refractivity contribution in [2.24, 2.45) is 4.99 Å². The van der Waals surface area contributed by atoms with Crippen molar-refractivity contribution in [3.8, 4) is 0 Å². The van der Waals surface area contributed by atoms with E-state index in [2.05, 4.69) is 40.4 Å². The summed E-state index contributed by atoms with van der Waals surface area (Å²) in [5.41, 5.74) is 3.97. The lowest BCUT2D eigenvalue weighted by atomic mass is 10.1. The van der Waals surface area contributed by atoms with Crippen LogP contribution < -0.4 is 5.32 Å². The molecule has 0 saturated carbocycles. The summed E-state index contributed by atoms with van der Waals surface area (Å²) in [6.07, 6.45) is 1.70. The molecule has 0 aliphatic carbocycles. The van der Waals surface area contributed by atoms with E-state index in [-0.39, 0.29) is 0 Å². The summed E-state index contributed by atoms with van der Waals surface area (Å²) >= 11 is 0. The Balaban J connectivity index is 1.83. The predicted octanol–water partition coefficient (Wildman–Crippen LogP) is 2.81. The van der Waals surface area contributed by atoms with Gasteiger partial charge in [-0.05, 0) is 37.4 Å². The second-order valence-electron chi connectivity index (χ2n) is 6.53. The fraction of sp³-hybridized carbons (Fsp3) is 0.316. The van der Waals surface area contributed by atoms with Gasteiger partial charge in [0.2, 0.25) is 0 Å². The summed E-state index contributed by atoms with van der Waals surface area (Å²) in [5, 5.41) is 3.50. The molecule has 2 heterocycles. The number of likely N-dealkylation sites (N-methyl/N-ethyl adjacent to an activating group) is 1. The molecule has 0 bridgehead atoms. The summed E-state index contributed by atoms with van der Waals surface area (Å²) in [6, 6.07) is 14.1. The Hall–Kier alpha value is -2.18. The van der Waals surface area contributed by atoms with E-state index >= 15 is 0 Å². The highest BCUT2D eigenvalue weighted by atomic mass is 32.2. The van der Waals surface area contributed by atoms with Gasteiger partial charge >= 0.3 is 0 Å². The van der Waals surface area contributed by atoms with Gasteiger partial charge in [0.15, 0.2) is 0 Å². The lowest BCUT2D eigenvalue weighted by Crippen LogP contribution is -2.47. The molecule has 2 aromatic carbocycles. The summed E-state index contributed by atoms with van der Waals surface area (Å²) < 4.78 is 11.9. The molecule has 0 radical (unpaired) electrons. The molecule has 0 amide bonds. The van der Waals surface area contributed by atoms with Gasteiger partial charge in [0, 0.05) is 59.4 Å². The second kappa shape index (κ2) is 6.61. The Kier molecular flexibility index (Phi) is 4.31. The van der Waals surface area contributed by atoms with Gasteiger partial charge < -0.3 is 15.1 Å². The molecule has 1 atom stereocenters. The minimum Gasteiger partial charge on any atom is -0.353 e. The summed E-state index contributed by atoms with van der Waals surface area (Å²) in [5.74, 6) is 0.994. The number of amidine groups is 1. The number of nitrogens with one attached hydrogen (secondary N) is 1. The van der Waals surface area contributed by atoms with Crippen molar-refractivity contribution in [3.63, 3.8) is 0 Å². The van der Waals surface area contributed by atoms with E-state index in [1.54, 1.807) is 6.26 Å². The number of benzene rings is 2. The van der Waals surface area contributed by atoms with Gasteiger partial charge in [-0.15, -0.1) is 0 Å². The molecule has 1 unspecified atom stereocenters. The maximum absolute atomic E-state index is 11.9. The van der Waals surface area contributed by atoms with Gasteiger partial charge in [-0.2, -0.15) is 0 Å². The quantitative estimate of drug-likeness (QED) is 0.855. The molecule has 6 heteroatoms. The first-order chi connectivity index (χ1) is 12.1. The number of hydrogen-bond donors (Lipinski definition) is 1. The standard InChI is InChI=1S/C19H22N4OS/c1-22-9-11-23(12-10-22)19-15-5-3-4-6-16(15)20-17-8-7-14(25(2)24)13-18(17)21-19/h3-8,13,20H,9-12H2,1-2H3. The molecule has 25 heavy (non-hydrogen) atoms. The highest BCUT2D eigenvalue weighted by Gasteiger charge is 2.23. The van der Waals surface area contributed by atoms with Crippen LogP contribution in [-0.4, -0.2) is 59.3 Å². The van der Waals surface area contributed by atoms with E-state index in [4.69, 9.17) is 4.99 Å². The van der Waals surface area contributed by atoms with E-state index in [1.165, 1.54) is 0 Å². The third-order valence-corrected chi connectivity index (χ3v) is 5.69. The third kappa shape index (κ3) is 3.19. The van der Waals surface area contributed by atoms with E-state index in [1.807, 2.05) is 24.3 Å². The zero-order valence-corrected chi connectivity index (χ0v) is 15.3. The fourth-order valence-corrected chi connectivity index (χ4v) is 3.79. The van der Waals surface area contributed by atoms with Crippen LogP contribution in [0.4, 0.5) is 17.1 Å². The fourth-order valence-electron chi connectivity index (χ4n) is 3.25. The van der Waals surface area contributed by atoms with Crippen LogP contribution >= 0.6 is 0 Å². The zero-order valence-electron chi connectivity index (χ0n) is 14.5. The number of nitrogens with zero attached hydrogens (tertiary/aromatic N) is 3. The Morgan fingerprint density at radius 3 is 2.56 bits per heavy atom. The molecule has 1 N–H and O–H groups in total. The number of rotatable bonds is 1. The minimum absolute atomic E-state index is 0.799. The Labute approximate surface area is 150 Å². The van der Waals surface area contributed by atoms with Crippen molar-refractivity contribution in [1.82, 2.24) is 9.80 Å². The van der Waals surface area contributed by atoms with E-state index < -0.39 is 10.8 Å². The molecule has 2 aliphatic heterocycles. The first-order valence-electron chi connectivity index (χ1n) is 8.48. The summed E-state index contributed by atoms with van der Waals surface area (Å²) in [6.45, 7) is 3.97. The number of piperazine rings is 1. The molecule has 1 saturated heterocycles. The lowest BCUT2D eigenvalue weighted by Gasteiger charge is -2.34. The first kappa shape index (κ1) is 16.3. The smallest absolute Gasteiger partial charge is 0.138 e. The predicted molar refractivity (Wildman–Crippen MR) is 104 cm³/mol. The average Bonchev–Trinajstić information content (AvgIpc) is 2.78. The topological polar surface area (TPSA) is 47.9 Å². The third-order valence-electron chi connectivity index (χ3n) is 4.77. The van der Waals surface area contributed by atoms with Gasteiger partial charge in [-0.3, -0.25) is 4.21 Å². The largest absolute Gasteiger partial charge is 0.353 e. The van der Waals surface area contributed by atoms with E-state index in [0.29, 0.717) is 0 Å². The molecule has 1 fully saturated rings. The van der Waals surface area contributed by atoms with Crippen LogP contribution in [0.15, 0.2) is 52.4 Å². The van der Waals surface area contributed by atoms with Crippen LogP contribution in [-0.2, 0) is 10.8 Å². The Bertz CT molecular complexity index is 856. The molecule has 130 valence electrons. The van der Waals surface area contributed by atoms with Gasteiger partial charge in [0.05, 0.1) is 11.4 Å². The maximum Gasteiger partial charge on any atom is 0.138 e. The Morgan fingerprint density at radius 2 is 1.80 bits per heavy atom. The molecule has 0 spiro atoms. The van der Waals surface area contributed by atoms with Crippen LogP contribution in [0.5, 0.6) is 0 Å². The SMILES string of the molecule is CN1CCN(C2=Nc3cc(S(C)=O)ccc3Nc3ccccc32)CC1. The van der Waals surface area contributed by atoms with Crippen molar-refractivity contribution in [1.29, 1.82) is 0 Å². The van der Waals surface area contributed by atoms with Gasteiger partial charge in [0.25, 0.3) is 0 Å². The van der Waals surface area contributed by atoms with Crippen LogP contribution in [0, 0.1) is 0 Å². The van der Waals surface area contributed by atoms with Gasteiger partial charge in [-0.25, -0.2) is 4.99 Å². The highest BCUT2D eigenvalue weighted by Crippen LogP contribution is 2.36. The van der Waals surface area contributed by atoms with Gasteiger partial charge in [-0.1, -0.05) is 12.1 Å². The molecular formula is C19H22N4OS.